The summed E-state index contributed by atoms with van der Waals surface area (Å²) in [5.74, 6) is 0.192. The van der Waals surface area contributed by atoms with Gasteiger partial charge in [0, 0.05) is 44.7 Å². The van der Waals surface area contributed by atoms with Crippen molar-refractivity contribution in [3.05, 3.63) is 77.2 Å². The number of carbonyl (C=O) groups is 1. The Morgan fingerprint density at radius 3 is 2.33 bits per heavy atom. The lowest BCUT2D eigenvalue weighted by molar-refractivity contribution is -0.131. The molecule has 11 heteroatoms. The zero-order valence-electron chi connectivity index (χ0n) is 22.6. The van der Waals surface area contributed by atoms with Gasteiger partial charge in [-0.05, 0) is 53.5 Å². The smallest absolute Gasteiger partial charge is 0.243 e. The monoisotopic (exact) mass is 577 g/mol. The van der Waals surface area contributed by atoms with Gasteiger partial charge in [-0.15, -0.1) is 0 Å². The van der Waals surface area contributed by atoms with Gasteiger partial charge in [0.25, 0.3) is 0 Å². The molecule has 39 heavy (non-hydrogen) atoms. The van der Waals surface area contributed by atoms with Crippen LogP contribution < -0.4 is 4.72 Å². The number of nitrogens with zero attached hydrogens (tertiary/aromatic N) is 2. The van der Waals surface area contributed by atoms with Gasteiger partial charge < -0.3 is 10.0 Å². The predicted octanol–water partition coefficient (Wildman–Crippen LogP) is 2.84. The van der Waals surface area contributed by atoms with Crippen molar-refractivity contribution >= 4 is 26.0 Å². The van der Waals surface area contributed by atoms with Crippen LogP contribution in [0, 0.1) is 5.92 Å². The second-order valence-corrected chi connectivity index (χ2v) is 13.8. The van der Waals surface area contributed by atoms with E-state index in [1.807, 2.05) is 12.1 Å². The molecule has 1 aliphatic rings. The van der Waals surface area contributed by atoms with Gasteiger partial charge in [0.1, 0.15) is 0 Å². The predicted molar refractivity (Wildman–Crippen MR) is 152 cm³/mol. The van der Waals surface area contributed by atoms with Crippen molar-refractivity contribution in [1.29, 1.82) is 0 Å². The molecule has 214 valence electrons. The molecular formula is C28H39N3O6S2. The van der Waals surface area contributed by atoms with Crippen LogP contribution in [0.4, 0.5) is 0 Å². The number of aliphatic hydroxyl groups is 1. The third kappa shape index (κ3) is 8.71. The van der Waals surface area contributed by atoms with Crippen molar-refractivity contribution in [2.45, 2.75) is 50.5 Å². The van der Waals surface area contributed by atoms with E-state index in [0.29, 0.717) is 44.0 Å². The van der Waals surface area contributed by atoms with Crippen molar-refractivity contribution in [1.82, 2.24) is 13.9 Å². The van der Waals surface area contributed by atoms with Crippen LogP contribution in [0.2, 0.25) is 0 Å². The van der Waals surface area contributed by atoms with Crippen LogP contribution in [-0.2, 0) is 37.8 Å². The first-order valence-electron chi connectivity index (χ1n) is 13.1. The zero-order chi connectivity index (χ0) is 28.6. The van der Waals surface area contributed by atoms with Crippen LogP contribution in [0.5, 0.6) is 0 Å². The van der Waals surface area contributed by atoms with E-state index in [1.165, 1.54) is 22.0 Å². The third-order valence-electron chi connectivity index (χ3n) is 6.92. The number of nitrogens with one attached hydrogen (secondary N) is 1. The highest BCUT2D eigenvalue weighted by molar-refractivity contribution is 7.92. The molecule has 0 saturated carbocycles. The van der Waals surface area contributed by atoms with Crippen molar-refractivity contribution in [2.75, 3.05) is 32.8 Å². The van der Waals surface area contributed by atoms with Crippen molar-refractivity contribution in [2.24, 2.45) is 5.92 Å². The number of rotatable bonds is 14. The maximum Gasteiger partial charge on any atom is 0.243 e. The molecule has 0 unspecified atom stereocenters. The summed E-state index contributed by atoms with van der Waals surface area (Å²) in [5.41, 5.74) is 2.93. The Balaban J connectivity index is 1.62. The summed E-state index contributed by atoms with van der Waals surface area (Å²) in [6, 6.07) is 14.5. The summed E-state index contributed by atoms with van der Waals surface area (Å²) >= 11 is 0. The Morgan fingerprint density at radius 1 is 1.10 bits per heavy atom. The number of benzene rings is 2. The second kappa shape index (κ2) is 13.7. The Labute approximate surface area is 232 Å². The average molecular weight is 578 g/mol. The highest BCUT2D eigenvalue weighted by Gasteiger charge is 2.33. The summed E-state index contributed by atoms with van der Waals surface area (Å²) < 4.78 is 53.2. The van der Waals surface area contributed by atoms with Gasteiger partial charge in [-0.25, -0.2) is 21.6 Å². The molecular weight excluding hydrogens is 538 g/mol. The fraction of sp³-hybridized carbons (Fsp3) is 0.464. The molecule has 1 atom stereocenters. The van der Waals surface area contributed by atoms with Crippen LogP contribution in [0.3, 0.4) is 0 Å². The molecule has 1 heterocycles. The molecule has 1 aliphatic heterocycles. The van der Waals surface area contributed by atoms with Crippen molar-refractivity contribution in [3.63, 3.8) is 0 Å². The summed E-state index contributed by atoms with van der Waals surface area (Å²) in [6.07, 6.45) is 1.14. The molecule has 1 saturated heterocycles. The van der Waals surface area contributed by atoms with Gasteiger partial charge >= 0.3 is 0 Å². The summed E-state index contributed by atoms with van der Waals surface area (Å²) in [6.45, 7) is 9.03. The van der Waals surface area contributed by atoms with Gasteiger partial charge in [-0.3, -0.25) is 4.79 Å². The topological polar surface area (TPSA) is 124 Å². The van der Waals surface area contributed by atoms with Crippen molar-refractivity contribution < 1.29 is 26.7 Å². The lowest BCUT2D eigenvalue weighted by Gasteiger charge is -2.23. The van der Waals surface area contributed by atoms with E-state index in [4.69, 9.17) is 0 Å². The van der Waals surface area contributed by atoms with Gasteiger partial charge in [0.2, 0.25) is 26.0 Å². The minimum atomic E-state index is -3.74. The van der Waals surface area contributed by atoms with Crippen LogP contribution in [0.15, 0.2) is 65.4 Å². The Kier molecular flexibility index (Phi) is 10.9. The molecule has 9 nitrogen and oxygen atoms in total. The normalized spacial score (nSPS) is 16.5. The van der Waals surface area contributed by atoms with E-state index in [-0.39, 0.29) is 42.8 Å². The molecule has 3 rings (SSSR count). The van der Waals surface area contributed by atoms with E-state index in [9.17, 15) is 26.7 Å². The molecule has 0 aromatic heterocycles. The molecule has 0 radical (unpaired) electrons. The molecule has 2 aromatic carbocycles. The van der Waals surface area contributed by atoms with Crippen LogP contribution in [0.25, 0.3) is 0 Å². The Bertz CT molecular complexity index is 1320. The van der Waals surface area contributed by atoms with Gasteiger partial charge in [-0.1, -0.05) is 56.8 Å². The average Bonchev–Trinajstić information content (AvgIpc) is 3.41. The Hall–Kier alpha value is -2.57. The van der Waals surface area contributed by atoms with E-state index in [1.54, 1.807) is 17.0 Å². The number of hydrogen-bond donors (Lipinski definition) is 2. The summed E-state index contributed by atoms with van der Waals surface area (Å²) in [4.78, 5) is 15.0. The van der Waals surface area contributed by atoms with E-state index in [2.05, 4.69) is 37.3 Å². The maximum atomic E-state index is 13.1. The minimum Gasteiger partial charge on any atom is -0.396 e. The van der Waals surface area contributed by atoms with Crippen LogP contribution in [-0.4, -0.2) is 69.8 Å². The zero-order valence-corrected chi connectivity index (χ0v) is 24.3. The lowest BCUT2D eigenvalue weighted by atomic mass is 10.0. The SMILES string of the molecule is C=CS(=O)(=O)NC[C@H]1CCN(S(=O)(=O)c2ccc(CC(=O)N(CCCO)Cc3ccc(C(C)C)cc3)cc2)C1. The number of hydrogen-bond acceptors (Lipinski definition) is 6. The number of sulfonamides is 2. The largest absolute Gasteiger partial charge is 0.396 e. The number of amides is 1. The number of aliphatic hydroxyl groups excluding tert-OH is 1. The second-order valence-electron chi connectivity index (χ2n) is 10.2. The van der Waals surface area contributed by atoms with E-state index >= 15 is 0 Å². The van der Waals surface area contributed by atoms with Gasteiger partial charge in [0.05, 0.1) is 11.3 Å². The lowest BCUT2D eigenvalue weighted by Crippen LogP contribution is -2.33. The number of carbonyl (C=O) groups excluding carboxylic acids is 1. The standard InChI is InChI=1S/C28H39N3O6S2/c1-4-38(34,35)29-19-25-14-16-31(21-25)39(36,37)27-12-8-23(9-13-27)18-28(33)30(15-5-17-32)20-24-6-10-26(11-7-24)22(2)3/h4,6-13,22,25,29,32H,1,5,14-21H2,2-3H3/t25-/m1/s1. The fourth-order valence-electron chi connectivity index (χ4n) is 4.47. The molecule has 2 aromatic rings. The molecule has 0 spiro atoms. The summed E-state index contributed by atoms with van der Waals surface area (Å²) in [7, 11) is -7.30. The highest BCUT2D eigenvalue weighted by atomic mass is 32.2. The summed E-state index contributed by atoms with van der Waals surface area (Å²) in [5, 5.41) is 10.1. The van der Waals surface area contributed by atoms with Gasteiger partial charge in [0.15, 0.2) is 0 Å². The quantitative estimate of drug-likeness (QED) is 0.356. The highest BCUT2D eigenvalue weighted by Crippen LogP contribution is 2.25. The van der Waals surface area contributed by atoms with E-state index < -0.39 is 20.0 Å². The Morgan fingerprint density at radius 2 is 1.74 bits per heavy atom. The first-order chi connectivity index (χ1) is 18.4. The maximum absolute atomic E-state index is 13.1. The molecule has 1 amide bonds. The first-order valence-corrected chi connectivity index (χ1v) is 16.1. The van der Waals surface area contributed by atoms with Crippen LogP contribution in [0.1, 0.15) is 49.3 Å². The van der Waals surface area contributed by atoms with E-state index in [0.717, 1.165) is 11.0 Å². The van der Waals surface area contributed by atoms with Crippen LogP contribution >= 0.6 is 0 Å². The minimum absolute atomic E-state index is 0.0138. The van der Waals surface area contributed by atoms with Crippen molar-refractivity contribution in [3.8, 4) is 0 Å². The molecule has 2 N–H and O–H groups in total. The third-order valence-corrected chi connectivity index (χ3v) is 9.80. The molecule has 0 aliphatic carbocycles. The molecule has 1 fully saturated rings. The first kappa shape index (κ1) is 31.0. The van der Waals surface area contributed by atoms with Gasteiger partial charge in [-0.2, -0.15) is 4.31 Å². The molecule has 0 bridgehead atoms. The fourth-order valence-corrected chi connectivity index (χ4v) is 6.59.